The molecule has 0 aromatic heterocycles. The zero-order valence-corrected chi connectivity index (χ0v) is 31.4. The molecule has 1 aliphatic rings. The first-order valence-electron chi connectivity index (χ1n) is 20.3. The molecule has 0 heterocycles. The van der Waals surface area contributed by atoms with E-state index in [2.05, 4.69) is 55.5 Å². The van der Waals surface area contributed by atoms with Crippen molar-refractivity contribution in [3.05, 3.63) is 108 Å². The minimum absolute atomic E-state index is 0.0299. The normalized spacial score (nSPS) is 15.4. The van der Waals surface area contributed by atoms with Crippen LogP contribution < -0.4 is 20.9 Å². The number of hydrogen-bond acceptors (Lipinski definition) is 4. The van der Waals surface area contributed by atoms with E-state index in [4.69, 9.17) is 20.9 Å². The minimum atomic E-state index is -0.0299. The number of nitrogens with two attached hydrogens (primary N) is 2. The Morgan fingerprint density at radius 2 is 0.843 bits per heavy atom. The molecule has 1 aliphatic carbocycles. The second-order valence-electron chi connectivity index (χ2n) is 15.2. The van der Waals surface area contributed by atoms with Crippen LogP contribution >= 0.6 is 0 Å². The van der Waals surface area contributed by atoms with Gasteiger partial charge >= 0.3 is 0 Å². The van der Waals surface area contributed by atoms with Crippen LogP contribution in [0.2, 0.25) is 0 Å². The summed E-state index contributed by atoms with van der Waals surface area (Å²) >= 11 is 0. The highest BCUT2D eigenvalue weighted by Gasteiger charge is 2.39. The summed E-state index contributed by atoms with van der Waals surface area (Å²) in [5.41, 5.74) is 16.0. The van der Waals surface area contributed by atoms with Crippen molar-refractivity contribution in [1.29, 1.82) is 0 Å². The van der Waals surface area contributed by atoms with Gasteiger partial charge in [0, 0.05) is 16.8 Å². The van der Waals surface area contributed by atoms with Crippen molar-refractivity contribution in [3.8, 4) is 23.0 Å². The van der Waals surface area contributed by atoms with Crippen LogP contribution in [0.3, 0.4) is 0 Å². The van der Waals surface area contributed by atoms with Crippen LogP contribution in [0.25, 0.3) is 0 Å². The molecule has 0 spiro atoms. The third kappa shape index (κ3) is 12.4. The summed E-state index contributed by atoms with van der Waals surface area (Å²) < 4.78 is 12.3. The molecule has 274 valence electrons. The summed E-state index contributed by atoms with van der Waals surface area (Å²) in [5.74, 6) is 4.01. The SMILES string of the molecule is CCCCCCCCCCCCCCCCCC1CCCC(c2ccc(Oc3ccc(N)cc3)cc2)(c2ccc(Oc3ccc(N)cc3)cc2)C1. The molecule has 0 saturated heterocycles. The highest BCUT2D eigenvalue weighted by Crippen LogP contribution is 2.49. The van der Waals surface area contributed by atoms with Gasteiger partial charge in [-0.25, -0.2) is 0 Å². The molecular weight excluding hydrogens is 625 g/mol. The first-order chi connectivity index (χ1) is 25.0. The largest absolute Gasteiger partial charge is 0.457 e. The van der Waals surface area contributed by atoms with Crippen LogP contribution in [-0.4, -0.2) is 0 Å². The summed E-state index contributed by atoms with van der Waals surface area (Å²) in [6.07, 6.45) is 27.4. The van der Waals surface area contributed by atoms with Gasteiger partial charge in [0.15, 0.2) is 0 Å². The van der Waals surface area contributed by atoms with Crippen molar-refractivity contribution < 1.29 is 9.47 Å². The van der Waals surface area contributed by atoms with E-state index < -0.39 is 0 Å². The molecular formula is C47H64N2O2. The molecule has 4 heteroatoms. The van der Waals surface area contributed by atoms with E-state index in [0.29, 0.717) is 0 Å². The van der Waals surface area contributed by atoms with E-state index in [1.807, 2.05) is 48.5 Å². The molecule has 4 aromatic carbocycles. The maximum absolute atomic E-state index is 6.17. The van der Waals surface area contributed by atoms with Gasteiger partial charge in [-0.15, -0.1) is 0 Å². The Morgan fingerprint density at radius 1 is 0.490 bits per heavy atom. The van der Waals surface area contributed by atoms with Gasteiger partial charge in [0.25, 0.3) is 0 Å². The molecule has 1 saturated carbocycles. The first kappa shape index (κ1) is 38.3. The Kier molecular flexibility index (Phi) is 15.6. The minimum Gasteiger partial charge on any atom is -0.457 e. The molecule has 51 heavy (non-hydrogen) atoms. The number of hydrogen-bond donors (Lipinski definition) is 2. The van der Waals surface area contributed by atoms with Crippen LogP contribution in [0.5, 0.6) is 23.0 Å². The average Bonchev–Trinajstić information content (AvgIpc) is 3.16. The second kappa shape index (κ2) is 20.8. The van der Waals surface area contributed by atoms with E-state index in [9.17, 15) is 0 Å². The number of unbranched alkanes of at least 4 members (excludes halogenated alkanes) is 14. The van der Waals surface area contributed by atoms with Crippen LogP contribution in [0.15, 0.2) is 97.1 Å². The Balaban J connectivity index is 1.14. The zero-order chi connectivity index (χ0) is 35.6. The van der Waals surface area contributed by atoms with E-state index in [-0.39, 0.29) is 5.41 Å². The maximum Gasteiger partial charge on any atom is 0.127 e. The summed E-state index contributed by atoms with van der Waals surface area (Å²) in [6.45, 7) is 2.30. The number of anilines is 2. The van der Waals surface area contributed by atoms with Crippen molar-refractivity contribution in [2.75, 3.05) is 11.5 Å². The van der Waals surface area contributed by atoms with Gasteiger partial charge in [-0.2, -0.15) is 0 Å². The summed E-state index contributed by atoms with van der Waals surface area (Å²) in [7, 11) is 0. The van der Waals surface area contributed by atoms with Crippen molar-refractivity contribution in [1.82, 2.24) is 0 Å². The molecule has 0 bridgehead atoms. The molecule has 0 amide bonds. The lowest BCUT2D eigenvalue weighted by atomic mass is 9.61. The predicted octanol–water partition coefficient (Wildman–Crippen LogP) is 14.2. The topological polar surface area (TPSA) is 70.5 Å². The second-order valence-corrected chi connectivity index (χ2v) is 15.2. The molecule has 1 fully saturated rings. The van der Waals surface area contributed by atoms with E-state index >= 15 is 0 Å². The molecule has 0 radical (unpaired) electrons. The van der Waals surface area contributed by atoms with Crippen molar-refractivity contribution in [3.63, 3.8) is 0 Å². The number of nitrogen functional groups attached to an aromatic ring is 2. The maximum atomic E-state index is 6.17. The molecule has 4 aromatic rings. The predicted molar refractivity (Wildman–Crippen MR) is 217 cm³/mol. The van der Waals surface area contributed by atoms with E-state index in [0.717, 1.165) is 46.7 Å². The van der Waals surface area contributed by atoms with Gasteiger partial charge in [0.1, 0.15) is 23.0 Å². The van der Waals surface area contributed by atoms with Gasteiger partial charge < -0.3 is 20.9 Å². The lowest BCUT2D eigenvalue weighted by Crippen LogP contribution is -2.34. The van der Waals surface area contributed by atoms with E-state index in [1.165, 1.54) is 133 Å². The lowest BCUT2D eigenvalue weighted by molar-refractivity contribution is 0.240. The molecule has 5 rings (SSSR count). The van der Waals surface area contributed by atoms with Crippen molar-refractivity contribution in [2.24, 2.45) is 5.92 Å². The summed E-state index contributed by atoms with van der Waals surface area (Å²) in [4.78, 5) is 0. The Bertz CT molecular complexity index is 1420. The summed E-state index contributed by atoms with van der Waals surface area (Å²) in [5, 5.41) is 0. The lowest BCUT2D eigenvalue weighted by Gasteiger charge is -2.42. The molecule has 0 aliphatic heterocycles. The van der Waals surface area contributed by atoms with Gasteiger partial charge in [0.05, 0.1) is 0 Å². The van der Waals surface area contributed by atoms with Crippen LogP contribution in [0, 0.1) is 5.92 Å². The molecule has 4 nitrogen and oxygen atoms in total. The summed E-state index contributed by atoms with van der Waals surface area (Å²) in [6, 6.07) is 32.9. The smallest absolute Gasteiger partial charge is 0.127 e. The highest BCUT2D eigenvalue weighted by atomic mass is 16.5. The zero-order valence-electron chi connectivity index (χ0n) is 31.4. The quantitative estimate of drug-likeness (QED) is 0.0637. The van der Waals surface area contributed by atoms with Crippen LogP contribution in [0.1, 0.15) is 146 Å². The van der Waals surface area contributed by atoms with Gasteiger partial charge in [0.2, 0.25) is 0 Å². The van der Waals surface area contributed by atoms with Crippen LogP contribution in [-0.2, 0) is 5.41 Å². The fraction of sp³-hybridized carbons (Fsp3) is 0.489. The molecule has 1 atom stereocenters. The number of rotatable bonds is 22. The average molecular weight is 689 g/mol. The third-order valence-electron chi connectivity index (χ3n) is 11.1. The Hall–Kier alpha value is -3.92. The number of benzene rings is 4. The van der Waals surface area contributed by atoms with Gasteiger partial charge in [-0.05, 0) is 103 Å². The highest BCUT2D eigenvalue weighted by molar-refractivity contribution is 5.47. The first-order valence-corrected chi connectivity index (χ1v) is 20.3. The Morgan fingerprint density at radius 3 is 1.24 bits per heavy atom. The van der Waals surface area contributed by atoms with Crippen LogP contribution in [0.4, 0.5) is 11.4 Å². The third-order valence-corrected chi connectivity index (χ3v) is 11.1. The van der Waals surface area contributed by atoms with Gasteiger partial charge in [-0.3, -0.25) is 0 Å². The number of ether oxygens (including phenoxy) is 2. The van der Waals surface area contributed by atoms with Crippen molar-refractivity contribution in [2.45, 2.75) is 141 Å². The fourth-order valence-corrected chi connectivity index (χ4v) is 8.16. The monoisotopic (exact) mass is 688 g/mol. The molecule has 4 N–H and O–H groups in total. The Labute approximate surface area is 309 Å². The molecule has 1 unspecified atom stereocenters. The van der Waals surface area contributed by atoms with Gasteiger partial charge in [-0.1, -0.05) is 147 Å². The van der Waals surface area contributed by atoms with Crippen molar-refractivity contribution >= 4 is 11.4 Å². The fourth-order valence-electron chi connectivity index (χ4n) is 8.16. The standard InChI is InChI=1S/C47H64N2O2/c1-2-3-4-5-6-7-8-9-10-11-12-13-14-15-16-18-38-19-17-36-47(37-38,39-20-28-43(29-21-39)50-45-32-24-41(48)25-33-45)40-22-30-44(31-23-40)51-46-34-26-42(49)27-35-46/h20-35,38H,2-19,36-37,48-49H2,1H3. The van der Waals surface area contributed by atoms with E-state index in [1.54, 1.807) is 0 Å².